The number of hydrogen-bond acceptors (Lipinski definition) is 3. The van der Waals surface area contributed by atoms with Crippen LogP contribution in [0.4, 0.5) is 4.39 Å². The smallest absolute Gasteiger partial charge is 0.338 e. The first-order chi connectivity index (χ1) is 9.41. The Bertz CT molecular complexity index is 696. The molecule has 0 atom stereocenters. The van der Waals surface area contributed by atoms with Crippen LogP contribution in [-0.4, -0.2) is 25.5 Å². The Morgan fingerprint density at radius 3 is 2.19 bits per heavy atom. The number of carbonyl (C=O) groups is 1. The minimum atomic E-state index is -3.89. The van der Waals surface area contributed by atoms with E-state index in [1.807, 2.05) is 27.7 Å². The number of carboxylic acids is 1. The van der Waals surface area contributed by atoms with Gasteiger partial charge in [0.15, 0.2) is 0 Å². The average molecular weight is 315 g/mol. The van der Waals surface area contributed by atoms with Gasteiger partial charge in [-0.15, -0.1) is 0 Å². The molecular formula is C14H18FNO4S. The van der Waals surface area contributed by atoms with Crippen LogP contribution in [-0.2, 0) is 10.0 Å². The minimum absolute atomic E-state index is 0.199. The summed E-state index contributed by atoms with van der Waals surface area (Å²) in [6, 6.07) is 2.49. The molecule has 0 unspecified atom stereocenters. The zero-order valence-electron chi connectivity index (χ0n) is 12.3. The second-order valence-electron chi connectivity index (χ2n) is 6.44. The third kappa shape index (κ3) is 2.44. The quantitative estimate of drug-likeness (QED) is 0.892. The molecule has 0 amide bonds. The van der Waals surface area contributed by atoms with Crippen molar-refractivity contribution in [2.24, 2.45) is 10.8 Å². The van der Waals surface area contributed by atoms with E-state index in [1.54, 1.807) is 0 Å². The van der Waals surface area contributed by atoms with Crippen LogP contribution in [0.15, 0.2) is 23.1 Å². The van der Waals surface area contributed by atoms with Crippen molar-refractivity contribution < 1.29 is 22.7 Å². The molecule has 2 N–H and O–H groups in total. The maximum atomic E-state index is 13.3. The van der Waals surface area contributed by atoms with Crippen molar-refractivity contribution in [2.75, 3.05) is 0 Å². The van der Waals surface area contributed by atoms with E-state index in [2.05, 4.69) is 4.72 Å². The van der Waals surface area contributed by atoms with Crippen LogP contribution in [0.3, 0.4) is 0 Å². The van der Waals surface area contributed by atoms with Gasteiger partial charge in [-0.25, -0.2) is 22.3 Å². The van der Waals surface area contributed by atoms with Crippen molar-refractivity contribution in [3.8, 4) is 0 Å². The molecule has 7 heteroatoms. The van der Waals surface area contributed by atoms with Crippen molar-refractivity contribution in [2.45, 2.75) is 38.6 Å². The van der Waals surface area contributed by atoms with E-state index in [4.69, 9.17) is 5.11 Å². The van der Waals surface area contributed by atoms with Gasteiger partial charge in [-0.3, -0.25) is 0 Å². The van der Waals surface area contributed by atoms with Gasteiger partial charge in [-0.05, 0) is 29.0 Å². The van der Waals surface area contributed by atoms with Crippen LogP contribution in [0.2, 0.25) is 0 Å². The molecule has 0 aromatic heterocycles. The Kier molecular flexibility index (Phi) is 3.42. The largest absolute Gasteiger partial charge is 0.478 e. The second-order valence-corrected chi connectivity index (χ2v) is 8.16. The normalized spacial score (nSPS) is 20.2. The summed E-state index contributed by atoms with van der Waals surface area (Å²) >= 11 is 0. The number of aromatic carboxylic acids is 1. The first-order valence-corrected chi connectivity index (χ1v) is 7.95. The van der Waals surface area contributed by atoms with Crippen molar-refractivity contribution in [3.05, 3.63) is 29.6 Å². The van der Waals surface area contributed by atoms with E-state index in [0.29, 0.717) is 0 Å². The average Bonchev–Trinajstić information content (AvgIpc) is 2.71. The summed E-state index contributed by atoms with van der Waals surface area (Å²) in [5.74, 6) is -2.47. The first kappa shape index (κ1) is 15.9. The second kappa shape index (κ2) is 4.51. The molecule has 1 aromatic carbocycles. The fourth-order valence-electron chi connectivity index (χ4n) is 2.55. The summed E-state index contributed by atoms with van der Waals surface area (Å²) in [5.41, 5.74) is -1.06. The number of rotatable bonds is 4. The number of halogens is 1. The van der Waals surface area contributed by atoms with Gasteiger partial charge in [0.1, 0.15) is 5.82 Å². The molecule has 116 valence electrons. The molecule has 1 aromatic rings. The van der Waals surface area contributed by atoms with Gasteiger partial charge in [0, 0.05) is 6.04 Å². The lowest BCUT2D eigenvalue weighted by Gasteiger charge is -2.09. The van der Waals surface area contributed by atoms with Crippen LogP contribution in [0.5, 0.6) is 0 Å². The molecule has 5 nitrogen and oxygen atoms in total. The summed E-state index contributed by atoms with van der Waals surface area (Å²) in [7, 11) is -3.89. The standard InChI is InChI=1S/C14H18FNO4S/c1-13(2)12(14(13,3)4)16-21(19,20)8-5-6-10(15)9(7-8)11(17)18/h5-7,12,16H,1-4H3,(H,17,18). The molecule has 1 fully saturated rings. The van der Waals surface area contributed by atoms with Gasteiger partial charge >= 0.3 is 5.97 Å². The Hall–Kier alpha value is -1.47. The van der Waals surface area contributed by atoms with Crippen LogP contribution < -0.4 is 4.72 Å². The highest BCUT2D eigenvalue weighted by atomic mass is 32.2. The Balaban J connectivity index is 2.34. The molecule has 0 saturated heterocycles. The summed E-state index contributed by atoms with van der Waals surface area (Å²) in [5, 5.41) is 8.86. The molecule has 1 saturated carbocycles. The molecule has 21 heavy (non-hydrogen) atoms. The van der Waals surface area contributed by atoms with Crippen LogP contribution in [0.25, 0.3) is 0 Å². The number of hydrogen-bond donors (Lipinski definition) is 2. The number of carboxylic acid groups (broad SMARTS) is 1. The molecule has 0 aliphatic heterocycles. The van der Waals surface area contributed by atoms with E-state index in [9.17, 15) is 17.6 Å². The first-order valence-electron chi connectivity index (χ1n) is 6.46. The minimum Gasteiger partial charge on any atom is -0.478 e. The number of sulfonamides is 1. The van der Waals surface area contributed by atoms with Gasteiger partial charge < -0.3 is 5.11 Å². The maximum Gasteiger partial charge on any atom is 0.338 e. The van der Waals surface area contributed by atoms with Crippen LogP contribution in [0.1, 0.15) is 38.1 Å². The molecule has 0 heterocycles. The van der Waals surface area contributed by atoms with E-state index in [1.165, 1.54) is 0 Å². The van der Waals surface area contributed by atoms with E-state index in [-0.39, 0.29) is 21.8 Å². The van der Waals surface area contributed by atoms with Crippen molar-refractivity contribution in [1.29, 1.82) is 0 Å². The Labute approximate surface area is 123 Å². The summed E-state index contributed by atoms with van der Waals surface area (Å²) < 4.78 is 40.5. The summed E-state index contributed by atoms with van der Waals surface area (Å²) in [4.78, 5) is 10.6. The van der Waals surface area contributed by atoms with Gasteiger partial charge in [0.2, 0.25) is 10.0 Å². The van der Waals surface area contributed by atoms with Crippen molar-refractivity contribution in [3.63, 3.8) is 0 Å². The molecule has 2 rings (SSSR count). The molecule has 0 radical (unpaired) electrons. The zero-order chi connectivity index (χ0) is 16.2. The van der Waals surface area contributed by atoms with Gasteiger partial charge in [0.05, 0.1) is 10.5 Å². The molecule has 0 spiro atoms. The number of nitrogens with one attached hydrogen (secondary N) is 1. The fraction of sp³-hybridized carbons (Fsp3) is 0.500. The lowest BCUT2D eigenvalue weighted by Crippen LogP contribution is -2.30. The molecule has 0 bridgehead atoms. The molecular weight excluding hydrogens is 297 g/mol. The summed E-state index contributed by atoms with van der Waals surface area (Å²) in [6.45, 7) is 7.81. The molecule has 1 aliphatic carbocycles. The van der Waals surface area contributed by atoms with Crippen molar-refractivity contribution in [1.82, 2.24) is 4.72 Å². The van der Waals surface area contributed by atoms with E-state index >= 15 is 0 Å². The predicted molar refractivity (Wildman–Crippen MR) is 75.0 cm³/mol. The fourth-order valence-corrected chi connectivity index (χ4v) is 4.11. The van der Waals surface area contributed by atoms with E-state index < -0.39 is 27.4 Å². The monoisotopic (exact) mass is 315 g/mol. The Morgan fingerprint density at radius 1 is 1.24 bits per heavy atom. The third-order valence-electron chi connectivity index (χ3n) is 4.77. The highest BCUT2D eigenvalue weighted by molar-refractivity contribution is 7.89. The lowest BCUT2D eigenvalue weighted by molar-refractivity contribution is 0.0691. The number of benzene rings is 1. The highest BCUT2D eigenvalue weighted by Gasteiger charge is 2.66. The van der Waals surface area contributed by atoms with Gasteiger partial charge in [-0.1, -0.05) is 27.7 Å². The van der Waals surface area contributed by atoms with Gasteiger partial charge in [-0.2, -0.15) is 0 Å². The van der Waals surface area contributed by atoms with Gasteiger partial charge in [0.25, 0.3) is 0 Å². The summed E-state index contributed by atoms with van der Waals surface area (Å²) in [6.07, 6.45) is 0. The Morgan fingerprint density at radius 2 is 1.76 bits per heavy atom. The van der Waals surface area contributed by atoms with Crippen LogP contribution >= 0.6 is 0 Å². The highest BCUT2D eigenvalue weighted by Crippen LogP contribution is 2.62. The SMILES string of the molecule is CC1(C)C(NS(=O)(=O)c2ccc(F)c(C(=O)O)c2)C1(C)C. The third-order valence-corrected chi connectivity index (χ3v) is 6.19. The lowest BCUT2D eigenvalue weighted by atomic mass is 10.0. The molecule has 1 aliphatic rings. The maximum absolute atomic E-state index is 13.3. The topological polar surface area (TPSA) is 83.5 Å². The van der Waals surface area contributed by atoms with Crippen LogP contribution in [0, 0.1) is 16.6 Å². The van der Waals surface area contributed by atoms with Crippen molar-refractivity contribution >= 4 is 16.0 Å². The van der Waals surface area contributed by atoms with E-state index in [0.717, 1.165) is 18.2 Å². The predicted octanol–water partition coefficient (Wildman–Crippen LogP) is 2.24. The zero-order valence-corrected chi connectivity index (χ0v) is 13.1.